The monoisotopic (exact) mass is 294 g/mol. The van der Waals surface area contributed by atoms with E-state index in [4.69, 9.17) is 15.6 Å². The number of nitrogens with zero attached hydrogens (tertiary/aromatic N) is 3. The fourth-order valence-corrected chi connectivity index (χ4v) is 2.40. The second-order valence-electron chi connectivity index (χ2n) is 4.79. The number of rotatable bonds is 2. The van der Waals surface area contributed by atoms with Gasteiger partial charge in [0.25, 0.3) is 5.56 Å². The van der Waals surface area contributed by atoms with Gasteiger partial charge in [-0.1, -0.05) is 0 Å². The summed E-state index contributed by atoms with van der Waals surface area (Å²) in [6.45, 7) is -0.444. The summed E-state index contributed by atoms with van der Waals surface area (Å²) in [5.74, 6) is 0.136. The third-order valence-corrected chi connectivity index (χ3v) is 3.45. The Morgan fingerprint density at radius 3 is 2.81 bits per heavy atom. The molecule has 3 heterocycles. The third-order valence-electron chi connectivity index (χ3n) is 3.45. The molecule has 0 aromatic carbocycles. The quantitative estimate of drug-likeness (QED) is 0.495. The van der Waals surface area contributed by atoms with Crippen LogP contribution in [0.2, 0.25) is 0 Å². The number of anilines is 1. The molecular weight excluding hydrogens is 280 g/mol. The van der Waals surface area contributed by atoms with Gasteiger partial charge >= 0.3 is 0 Å². The maximum Gasteiger partial charge on any atom is 0.273 e. The normalized spacial score (nSPS) is 29.1. The van der Waals surface area contributed by atoms with Gasteiger partial charge in [0, 0.05) is 18.5 Å². The smallest absolute Gasteiger partial charge is 0.273 e. The molecule has 9 heteroatoms. The molecule has 0 aromatic rings. The van der Waals surface area contributed by atoms with Crippen molar-refractivity contribution in [3.05, 3.63) is 28.8 Å². The summed E-state index contributed by atoms with van der Waals surface area (Å²) >= 11 is 0. The molecule has 0 saturated carbocycles. The zero-order valence-corrected chi connectivity index (χ0v) is 10.8. The highest BCUT2D eigenvalue weighted by atomic mass is 16.6. The van der Waals surface area contributed by atoms with E-state index < -0.39 is 36.7 Å². The Balaban J connectivity index is 2.11. The average molecular weight is 294 g/mol. The Morgan fingerprint density at radius 1 is 1.38 bits per heavy atom. The van der Waals surface area contributed by atoms with E-state index in [1.807, 2.05) is 0 Å². The Morgan fingerprint density at radius 2 is 2.14 bits per heavy atom. The SMILES string of the molecule is Nc1cc(=O)nc2n(C3OC(CO)C(O)C3O)ccnc1-2. The Kier molecular flexibility index (Phi) is 3.33. The van der Waals surface area contributed by atoms with Crippen LogP contribution in [0.25, 0.3) is 11.5 Å². The maximum atomic E-state index is 11.5. The van der Waals surface area contributed by atoms with Crippen LogP contribution >= 0.6 is 0 Å². The lowest BCUT2D eigenvalue weighted by molar-refractivity contribution is -0.0526. The van der Waals surface area contributed by atoms with Crippen LogP contribution in [0.5, 0.6) is 0 Å². The van der Waals surface area contributed by atoms with Crippen molar-refractivity contribution >= 4 is 5.69 Å². The topological polar surface area (TPSA) is 144 Å². The molecule has 112 valence electrons. The lowest BCUT2D eigenvalue weighted by Gasteiger charge is -2.22. The summed E-state index contributed by atoms with van der Waals surface area (Å²) < 4.78 is 6.78. The number of aromatic nitrogens is 3. The van der Waals surface area contributed by atoms with Gasteiger partial charge in [-0.2, -0.15) is 4.98 Å². The van der Waals surface area contributed by atoms with E-state index in [-0.39, 0.29) is 17.2 Å². The number of nitrogen functional groups attached to an aromatic ring is 1. The van der Waals surface area contributed by atoms with Gasteiger partial charge in [-0.3, -0.25) is 4.79 Å². The first-order valence-electron chi connectivity index (χ1n) is 6.28. The van der Waals surface area contributed by atoms with Crippen molar-refractivity contribution in [2.24, 2.45) is 0 Å². The van der Waals surface area contributed by atoms with Crippen molar-refractivity contribution in [1.29, 1.82) is 0 Å². The number of aliphatic hydroxyl groups excluding tert-OH is 3. The van der Waals surface area contributed by atoms with Gasteiger partial charge in [-0.05, 0) is 0 Å². The van der Waals surface area contributed by atoms with E-state index in [0.29, 0.717) is 0 Å². The fraction of sp³-hybridized carbons (Fsp3) is 0.417. The Bertz CT molecular complexity index is 690. The molecule has 1 fully saturated rings. The minimum atomic E-state index is -1.28. The van der Waals surface area contributed by atoms with Crippen molar-refractivity contribution in [1.82, 2.24) is 14.5 Å². The van der Waals surface area contributed by atoms with E-state index in [0.717, 1.165) is 6.07 Å². The molecule has 0 spiro atoms. The molecule has 9 nitrogen and oxygen atoms in total. The molecule has 4 unspecified atom stereocenters. The van der Waals surface area contributed by atoms with Gasteiger partial charge in [-0.25, -0.2) is 4.98 Å². The average Bonchev–Trinajstić information content (AvgIpc) is 2.74. The van der Waals surface area contributed by atoms with Gasteiger partial charge in [0.1, 0.15) is 24.0 Å². The molecule has 4 atom stereocenters. The maximum absolute atomic E-state index is 11.5. The van der Waals surface area contributed by atoms with Crippen LogP contribution in [0.15, 0.2) is 23.3 Å². The molecule has 3 aliphatic rings. The first-order chi connectivity index (χ1) is 10.0. The van der Waals surface area contributed by atoms with Gasteiger partial charge in [0.05, 0.1) is 12.3 Å². The summed E-state index contributed by atoms with van der Waals surface area (Å²) in [5.41, 5.74) is 5.63. The van der Waals surface area contributed by atoms with E-state index in [1.54, 1.807) is 0 Å². The molecule has 0 bridgehead atoms. The number of pyridine rings is 1. The summed E-state index contributed by atoms with van der Waals surface area (Å²) in [7, 11) is 0. The molecule has 21 heavy (non-hydrogen) atoms. The fourth-order valence-electron chi connectivity index (χ4n) is 2.40. The zero-order valence-electron chi connectivity index (χ0n) is 10.8. The van der Waals surface area contributed by atoms with Crippen molar-refractivity contribution < 1.29 is 20.1 Å². The Hall–Kier alpha value is -2.07. The molecule has 3 aliphatic heterocycles. The molecule has 0 radical (unpaired) electrons. The summed E-state index contributed by atoms with van der Waals surface area (Å²) in [4.78, 5) is 19.4. The first-order valence-corrected chi connectivity index (χ1v) is 6.28. The van der Waals surface area contributed by atoms with Crippen molar-refractivity contribution in [3.63, 3.8) is 0 Å². The highest BCUT2D eigenvalue weighted by molar-refractivity contribution is 5.67. The number of fused-ring (bicyclic) bond motifs is 1. The van der Waals surface area contributed by atoms with Crippen LogP contribution in [0.3, 0.4) is 0 Å². The molecular formula is C12H14N4O5. The van der Waals surface area contributed by atoms with E-state index in [2.05, 4.69) is 9.97 Å². The third kappa shape index (κ3) is 2.16. The van der Waals surface area contributed by atoms with Crippen LogP contribution in [0.4, 0.5) is 5.69 Å². The number of nitrogens with two attached hydrogens (primary N) is 1. The predicted octanol–water partition coefficient (Wildman–Crippen LogP) is -2.06. The number of hydrogen-bond acceptors (Lipinski definition) is 8. The standard InChI is InChI=1S/C12H14N4O5/c13-5-3-7(18)15-11-8(5)14-1-2-16(11)12-10(20)9(19)6(4-17)21-12/h1-3,6,9-10,12,17,19-20H,4,13H2. The molecule has 1 saturated heterocycles. The van der Waals surface area contributed by atoms with Crippen molar-refractivity contribution in [2.75, 3.05) is 12.3 Å². The van der Waals surface area contributed by atoms with Crippen LogP contribution in [-0.2, 0) is 4.74 Å². The van der Waals surface area contributed by atoms with Crippen molar-refractivity contribution in [2.45, 2.75) is 24.5 Å². The molecule has 0 amide bonds. The number of ether oxygens (including phenoxy) is 1. The molecule has 0 aromatic heterocycles. The van der Waals surface area contributed by atoms with Gasteiger partial charge < -0.3 is 30.4 Å². The second-order valence-corrected chi connectivity index (χ2v) is 4.79. The minimum Gasteiger partial charge on any atom is -0.397 e. The number of aliphatic hydroxyl groups is 3. The first kappa shape index (κ1) is 13.9. The van der Waals surface area contributed by atoms with E-state index >= 15 is 0 Å². The number of hydrogen-bond donors (Lipinski definition) is 4. The van der Waals surface area contributed by atoms with E-state index in [1.165, 1.54) is 17.0 Å². The molecule has 3 rings (SSSR count). The summed E-state index contributed by atoms with van der Waals surface area (Å²) in [6.07, 6.45) is -1.59. The van der Waals surface area contributed by atoms with Gasteiger partial charge in [0.15, 0.2) is 12.1 Å². The second kappa shape index (κ2) is 5.04. The van der Waals surface area contributed by atoms with Crippen LogP contribution in [0.1, 0.15) is 6.23 Å². The van der Waals surface area contributed by atoms with Crippen LogP contribution in [0, 0.1) is 0 Å². The molecule has 0 aliphatic carbocycles. The summed E-state index contributed by atoms with van der Waals surface area (Å²) in [5, 5.41) is 29.0. The minimum absolute atomic E-state index is 0.136. The van der Waals surface area contributed by atoms with Gasteiger partial charge in [0.2, 0.25) is 0 Å². The zero-order chi connectivity index (χ0) is 15.1. The largest absolute Gasteiger partial charge is 0.397 e. The van der Waals surface area contributed by atoms with Crippen LogP contribution < -0.4 is 11.3 Å². The van der Waals surface area contributed by atoms with Crippen molar-refractivity contribution in [3.8, 4) is 11.5 Å². The van der Waals surface area contributed by atoms with E-state index in [9.17, 15) is 15.0 Å². The highest BCUT2D eigenvalue weighted by Gasteiger charge is 2.44. The highest BCUT2D eigenvalue weighted by Crippen LogP contribution is 2.33. The predicted molar refractivity (Wildman–Crippen MR) is 70.3 cm³/mol. The van der Waals surface area contributed by atoms with Gasteiger partial charge in [-0.15, -0.1) is 0 Å². The Labute approximate surface area is 118 Å². The molecule has 5 N–H and O–H groups in total. The lowest BCUT2D eigenvalue weighted by Crippen LogP contribution is -2.33. The van der Waals surface area contributed by atoms with Crippen LogP contribution in [-0.4, -0.2) is 54.8 Å². The lowest BCUT2D eigenvalue weighted by atomic mass is 10.1. The summed E-state index contributed by atoms with van der Waals surface area (Å²) in [6, 6.07) is 1.15.